The first kappa shape index (κ1) is 12.2. The van der Waals surface area contributed by atoms with E-state index >= 15 is 0 Å². The standard InChI is InChI=1S/C11H16N4OS/c1-7-6-9(10(12)17)14-11(13-7)15(4-5-16)8-2-3-8/h6,8,16H,2-5H2,1H3,(H2,12,17). The Morgan fingerprint density at radius 3 is 2.82 bits per heavy atom. The van der Waals surface area contributed by atoms with Crippen molar-refractivity contribution in [2.75, 3.05) is 18.1 Å². The van der Waals surface area contributed by atoms with Crippen LogP contribution in [-0.2, 0) is 0 Å². The number of aromatic nitrogens is 2. The van der Waals surface area contributed by atoms with Crippen LogP contribution in [0.4, 0.5) is 5.95 Å². The Balaban J connectivity index is 2.31. The average Bonchev–Trinajstić information content (AvgIpc) is 3.08. The Labute approximate surface area is 106 Å². The molecule has 0 amide bonds. The van der Waals surface area contributed by atoms with Gasteiger partial charge in [0.1, 0.15) is 10.7 Å². The molecule has 5 nitrogen and oxygen atoms in total. The highest BCUT2D eigenvalue weighted by atomic mass is 32.1. The summed E-state index contributed by atoms with van der Waals surface area (Å²) in [5.74, 6) is 0.615. The lowest BCUT2D eigenvalue weighted by atomic mass is 10.3. The molecule has 0 bridgehead atoms. The van der Waals surface area contributed by atoms with E-state index in [1.165, 1.54) is 0 Å². The highest BCUT2D eigenvalue weighted by Crippen LogP contribution is 2.29. The van der Waals surface area contributed by atoms with Gasteiger partial charge in [-0.25, -0.2) is 9.97 Å². The number of hydrogen-bond acceptors (Lipinski definition) is 5. The predicted molar refractivity (Wildman–Crippen MR) is 70.1 cm³/mol. The van der Waals surface area contributed by atoms with E-state index < -0.39 is 0 Å². The van der Waals surface area contributed by atoms with Gasteiger partial charge in [-0.05, 0) is 25.8 Å². The van der Waals surface area contributed by atoms with Crippen molar-refractivity contribution in [3.63, 3.8) is 0 Å². The largest absolute Gasteiger partial charge is 0.395 e. The molecule has 1 heterocycles. The Morgan fingerprint density at radius 1 is 1.59 bits per heavy atom. The third kappa shape index (κ3) is 2.89. The molecule has 0 atom stereocenters. The van der Waals surface area contributed by atoms with E-state index in [9.17, 15) is 0 Å². The van der Waals surface area contributed by atoms with Gasteiger partial charge in [0, 0.05) is 18.3 Å². The fourth-order valence-electron chi connectivity index (χ4n) is 1.75. The first-order valence-electron chi connectivity index (χ1n) is 5.65. The summed E-state index contributed by atoms with van der Waals surface area (Å²) in [7, 11) is 0. The van der Waals surface area contributed by atoms with Crippen molar-refractivity contribution >= 4 is 23.2 Å². The van der Waals surface area contributed by atoms with Gasteiger partial charge in [0.25, 0.3) is 0 Å². The zero-order valence-electron chi connectivity index (χ0n) is 9.76. The molecule has 0 aliphatic heterocycles. The van der Waals surface area contributed by atoms with Gasteiger partial charge in [0.05, 0.1) is 6.61 Å². The molecule has 1 aliphatic carbocycles. The van der Waals surface area contributed by atoms with E-state index in [1.54, 1.807) is 6.07 Å². The molecule has 0 aromatic carbocycles. The normalized spacial score (nSPS) is 14.7. The third-order valence-electron chi connectivity index (χ3n) is 2.68. The highest BCUT2D eigenvalue weighted by Gasteiger charge is 2.30. The van der Waals surface area contributed by atoms with Gasteiger partial charge >= 0.3 is 0 Å². The summed E-state index contributed by atoms with van der Waals surface area (Å²) < 4.78 is 0. The molecule has 17 heavy (non-hydrogen) atoms. The quantitative estimate of drug-likeness (QED) is 0.738. The lowest BCUT2D eigenvalue weighted by Gasteiger charge is -2.21. The topological polar surface area (TPSA) is 75.3 Å². The molecule has 1 saturated carbocycles. The summed E-state index contributed by atoms with van der Waals surface area (Å²) in [5.41, 5.74) is 7.01. The molecule has 0 radical (unpaired) electrons. The van der Waals surface area contributed by atoms with Crippen LogP contribution in [-0.4, -0.2) is 39.3 Å². The second-order valence-electron chi connectivity index (χ2n) is 4.21. The lowest BCUT2D eigenvalue weighted by molar-refractivity contribution is 0.300. The minimum Gasteiger partial charge on any atom is -0.395 e. The van der Waals surface area contributed by atoms with Crippen molar-refractivity contribution in [3.05, 3.63) is 17.5 Å². The monoisotopic (exact) mass is 252 g/mol. The Hall–Kier alpha value is -1.27. The van der Waals surface area contributed by atoms with Crippen LogP contribution in [0.1, 0.15) is 24.2 Å². The second-order valence-corrected chi connectivity index (χ2v) is 4.65. The number of nitrogens with two attached hydrogens (primary N) is 1. The minimum atomic E-state index is 0.0935. The predicted octanol–water partition coefficient (Wildman–Crippen LogP) is 0.380. The second kappa shape index (κ2) is 4.93. The number of aliphatic hydroxyl groups is 1. The van der Waals surface area contributed by atoms with Gasteiger partial charge < -0.3 is 15.7 Å². The molecule has 0 saturated heterocycles. The van der Waals surface area contributed by atoms with Gasteiger partial charge in [-0.15, -0.1) is 0 Å². The SMILES string of the molecule is Cc1cc(C(N)=S)nc(N(CCO)C2CC2)n1. The van der Waals surface area contributed by atoms with Gasteiger partial charge in [-0.3, -0.25) is 0 Å². The Morgan fingerprint density at radius 2 is 2.29 bits per heavy atom. The summed E-state index contributed by atoms with van der Waals surface area (Å²) in [6.45, 7) is 2.53. The van der Waals surface area contributed by atoms with Crippen LogP contribution >= 0.6 is 12.2 Å². The minimum absolute atomic E-state index is 0.0935. The molecular weight excluding hydrogens is 236 g/mol. The zero-order chi connectivity index (χ0) is 12.4. The molecule has 6 heteroatoms. The number of thiocarbonyl (C=S) groups is 1. The van der Waals surface area contributed by atoms with Crippen LogP contribution in [0.25, 0.3) is 0 Å². The molecule has 1 aromatic heterocycles. The number of hydrogen-bond donors (Lipinski definition) is 2. The van der Waals surface area contributed by atoms with Crippen molar-refractivity contribution in [2.45, 2.75) is 25.8 Å². The summed E-state index contributed by atoms with van der Waals surface area (Å²) >= 11 is 4.93. The first-order valence-corrected chi connectivity index (χ1v) is 6.05. The summed E-state index contributed by atoms with van der Waals surface area (Å²) in [5, 5.41) is 9.07. The van der Waals surface area contributed by atoms with Crippen LogP contribution in [0.2, 0.25) is 0 Å². The fourth-order valence-corrected chi connectivity index (χ4v) is 1.85. The first-order chi connectivity index (χ1) is 8.11. The summed E-state index contributed by atoms with van der Waals surface area (Å²) in [6.07, 6.45) is 2.25. The van der Waals surface area contributed by atoms with Crippen LogP contribution in [0.15, 0.2) is 6.07 Å². The lowest BCUT2D eigenvalue weighted by Crippen LogP contribution is -2.31. The average molecular weight is 252 g/mol. The van der Waals surface area contributed by atoms with Crippen molar-refractivity contribution in [1.29, 1.82) is 0 Å². The number of aliphatic hydroxyl groups excluding tert-OH is 1. The van der Waals surface area contributed by atoms with Crippen molar-refractivity contribution in [1.82, 2.24) is 9.97 Å². The molecule has 1 aliphatic rings. The van der Waals surface area contributed by atoms with Crippen molar-refractivity contribution in [2.24, 2.45) is 5.73 Å². The van der Waals surface area contributed by atoms with E-state index in [4.69, 9.17) is 23.1 Å². The van der Waals surface area contributed by atoms with Crippen LogP contribution in [0, 0.1) is 6.92 Å². The maximum atomic E-state index is 9.07. The van der Waals surface area contributed by atoms with Crippen LogP contribution in [0.5, 0.6) is 0 Å². The molecule has 0 spiro atoms. The molecule has 92 valence electrons. The molecular formula is C11H16N4OS. The van der Waals surface area contributed by atoms with E-state index in [0.29, 0.717) is 24.2 Å². The molecule has 0 unspecified atom stereocenters. The van der Waals surface area contributed by atoms with Crippen LogP contribution < -0.4 is 10.6 Å². The maximum Gasteiger partial charge on any atom is 0.226 e. The van der Waals surface area contributed by atoms with E-state index in [0.717, 1.165) is 18.5 Å². The molecule has 2 rings (SSSR count). The zero-order valence-corrected chi connectivity index (χ0v) is 10.6. The van der Waals surface area contributed by atoms with Crippen molar-refractivity contribution < 1.29 is 5.11 Å². The fraction of sp³-hybridized carbons (Fsp3) is 0.545. The summed E-state index contributed by atoms with van der Waals surface area (Å²) in [6, 6.07) is 2.22. The number of nitrogens with zero attached hydrogens (tertiary/aromatic N) is 3. The summed E-state index contributed by atoms with van der Waals surface area (Å²) in [4.78, 5) is 11.0. The molecule has 1 fully saturated rings. The maximum absolute atomic E-state index is 9.07. The van der Waals surface area contributed by atoms with Crippen LogP contribution in [0.3, 0.4) is 0 Å². The molecule has 3 N–H and O–H groups in total. The van der Waals surface area contributed by atoms with Gasteiger partial charge in [-0.1, -0.05) is 12.2 Å². The third-order valence-corrected chi connectivity index (χ3v) is 2.89. The Bertz CT molecular complexity index is 433. The number of rotatable bonds is 5. The number of anilines is 1. The van der Waals surface area contributed by atoms with Gasteiger partial charge in [-0.2, -0.15) is 0 Å². The van der Waals surface area contributed by atoms with E-state index in [2.05, 4.69) is 9.97 Å². The Kier molecular flexibility index (Phi) is 3.54. The highest BCUT2D eigenvalue weighted by molar-refractivity contribution is 7.80. The van der Waals surface area contributed by atoms with Gasteiger partial charge in [0.15, 0.2) is 0 Å². The smallest absolute Gasteiger partial charge is 0.226 e. The number of aryl methyl sites for hydroxylation is 1. The van der Waals surface area contributed by atoms with E-state index in [1.807, 2.05) is 11.8 Å². The van der Waals surface area contributed by atoms with E-state index in [-0.39, 0.29) is 11.6 Å². The molecule has 1 aromatic rings. The van der Waals surface area contributed by atoms with Crippen molar-refractivity contribution in [3.8, 4) is 0 Å². The van der Waals surface area contributed by atoms with Gasteiger partial charge in [0.2, 0.25) is 5.95 Å².